The number of amides is 2. The lowest BCUT2D eigenvalue weighted by Gasteiger charge is -2.18. The fourth-order valence-electron chi connectivity index (χ4n) is 2.42. The fraction of sp³-hybridized carbons (Fsp3) is 0.500. The van der Waals surface area contributed by atoms with Gasteiger partial charge >= 0.3 is 6.03 Å². The normalized spacial score (nSPS) is 17.2. The van der Waals surface area contributed by atoms with Gasteiger partial charge in [0.1, 0.15) is 0 Å². The van der Waals surface area contributed by atoms with E-state index < -0.39 is 0 Å². The average molecular weight is 301 g/mol. The summed E-state index contributed by atoms with van der Waals surface area (Å²) in [5, 5.41) is 7.06. The van der Waals surface area contributed by atoms with Crippen molar-refractivity contribution in [3.05, 3.63) is 33.8 Å². The minimum atomic E-state index is -0.147. The zero-order chi connectivity index (χ0) is 13.8. The van der Waals surface area contributed by atoms with Gasteiger partial charge < -0.3 is 10.6 Å². The largest absolute Gasteiger partial charge is 0.335 e. The number of rotatable bonds is 3. The number of nitrogens with one attached hydrogen (secondary N) is 2. The molecule has 3 nitrogen and oxygen atoms in total. The monoisotopic (exact) mass is 300 g/mol. The highest BCUT2D eigenvalue weighted by atomic mass is 35.5. The summed E-state index contributed by atoms with van der Waals surface area (Å²) >= 11 is 12.0. The molecule has 19 heavy (non-hydrogen) atoms. The van der Waals surface area contributed by atoms with Crippen molar-refractivity contribution in [2.45, 2.75) is 44.7 Å². The number of carbonyl (C=O) groups is 1. The first-order valence-electron chi connectivity index (χ1n) is 6.58. The summed E-state index contributed by atoms with van der Waals surface area (Å²) in [5.41, 5.74) is 0.868. The van der Waals surface area contributed by atoms with Gasteiger partial charge in [0, 0.05) is 16.1 Å². The van der Waals surface area contributed by atoms with E-state index in [1.54, 1.807) is 12.1 Å². The smallest absolute Gasteiger partial charge is 0.315 e. The molecule has 0 bridgehead atoms. The summed E-state index contributed by atoms with van der Waals surface area (Å²) in [7, 11) is 0. The summed E-state index contributed by atoms with van der Waals surface area (Å²) < 4.78 is 0. The van der Waals surface area contributed by atoms with Gasteiger partial charge in [-0.15, -0.1) is 0 Å². The zero-order valence-corrected chi connectivity index (χ0v) is 12.4. The van der Waals surface area contributed by atoms with E-state index in [4.69, 9.17) is 23.2 Å². The molecule has 1 aromatic carbocycles. The maximum absolute atomic E-state index is 11.9. The predicted octanol–water partition coefficient (Wildman–Crippen LogP) is 4.30. The molecular weight excluding hydrogens is 283 g/mol. The molecule has 1 saturated carbocycles. The van der Waals surface area contributed by atoms with Crippen LogP contribution in [0.1, 0.15) is 44.2 Å². The van der Waals surface area contributed by atoms with E-state index in [-0.39, 0.29) is 12.1 Å². The third kappa shape index (κ3) is 4.02. The van der Waals surface area contributed by atoms with Crippen molar-refractivity contribution >= 4 is 29.2 Å². The van der Waals surface area contributed by atoms with E-state index in [1.807, 2.05) is 13.0 Å². The Balaban J connectivity index is 1.92. The van der Waals surface area contributed by atoms with Crippen LogP contribution >= 0.6 is 23.2 Å². The third-order valence-corrected chi connectivity index (χ3v) is 4.03. The first-order chi connectivity index (χ1) is 9.06. The molecule has 1 atom stereocenters. The molecule has 1 fully saturated rings. The first kappa shape index (κ1) is 14.5. The molecule has 0 saturated heterocycles. The van der Waals surface area contributed by atoms with Gasteiger partial charge in [-0.3, -0.25) is 0 Å². The van der Waals surface area contributed by atoms with Crippen LogP contribution in [0, 0.1) is 0 Å². The third-order valence-electron chi connectivity index (χ3n) is 3.47. The van der Waals surface area contributed by atoms with Crippen LogP contribution < -0.4 is 10.6 Å². The molecule has 1 unspecified atom stereocenters. The van der Waals surface area contributed by atoms with Crippen molar-refractivity contribution in [2.24, 2.45) is 0 Å². The molecule has 2 rings (SSSR count). The van der Waals surface area contributed by atoms with Crippen molar-refractivity contribution in [1.29, 1.82) is 0 Å². The highest BCUT2D eigenvalue weighted by molar-refractivity contribution is 6.35. The van der Waals surface area contributed by atoms with Gasteiger partial charge in [-0.1, -0.05) is 42.1 Å². The lowest BCUT2D eigenvalue weighted by atomic mass is 10.1. The molecule has 0 aromatic heterocycles. The molecule has 1 aliphatic carbocycles. The standard InChI is InChI=1S/C14H18Cl2N2O/c1-9(12-7-6-10(15)8-13(12)16)17-14(19)18-11-4-2-3-5-11/h6-9,11H,2-5H2,1H3,(H2,17,18,19). The topological polar surface area (TPSA) is 41.1 Å². The van der Waals surface area contributed by atoms with Gasteiger partial charge in [0.15, 0.2) is 0 Å². The number of benzene rings is 1. The number of urea groups is 1. The maximum Gasteiger partial charge on any atom is 0.315 e. The van der Waals surface area contributed by atoms with E-state index in [0.717, 1.165) is 18.4 Å². The Morgan fingerprint density at radius 3 is 2.63 bits per heavy atom. The Labute approximate surface area is 123 Å². The molecule has 2 N–H and O–H groups in total. The fourth-order valence-corrected chi connectivity index (χ4v) is 3.00. The van der Waals surface area contributed by atoms with Crippen LogP contribution in [0.15, 0.2) is 18.2 Å². The van der Waals surface area contributed by atoms with Crippen molar-refractivity contribution in [1.82, 2.24) is 10.6 Å². The number of hydrogen-bond donors (Lipinski definition) is 2. The molecular formula is C14H18Cl2N2O. The van der Waals surface area contributed by atoms with Gasteiger partial charge in [-0.2, -0.15) is 0 Å². The minimum absolute atomic E-state index is 0.134. The van der Waals surface area contributed by atoms with Gasteiger partial charge in [0.05, 0.1) is 6.04 Å². The summed E-state index contributed by atoms with van der Waals surface area (Å²) in [6.45, 7) is 1.91. The van der Waals surface area contributed by atoms with Crippen molar-refractivity contribution in [3.63, 3.8) is 0 Å². The van der Waals surface area contributed by atoms with Crippen molar-refractivity contribution in [2.75, 3.05) is 0 Å². The lowest BCUT2D eigenvalue weighted by molar-refractivity contribution is 0.234. The maximum atomic E-state index is 11.9. The molecule has 1 aromatic rings. The molecule has 104 valence electrons. The SMILES string of the molecule is CC(NC(=O)NC1CCCC1)c1ccc(Cl)cc1Cl. The highest BCUT2D eigenvalue weighted by Crippen LogP contribution is 2.26. The molecule has 2 amide bonds. The Hall–Kier alpha value is -0.930. The predicted molar refractivity (Wildman–Crippen MR) is 78.8 cm³/mol. The van der Waals surface area contributed by atoms with E-state index >= 15 is 0 Å². The number of carbonyl (C=O) groups excluding carboxylic acids is 1. The summed E-state index contributed by atoms with van der Waals surface area (Å²) in [6, 6.07) is 5.33. The van der Waals surface area contributed by atoms with E-state index in [1.165, 1.54) is 12.8 Å². The van der Waals surface area contributed by atoms with E-state index in [2.05, 4.69) is 10.6 Å². The van der Waals surface area contributed by atoms with Gasteiger partial charge in [0.25, 0.3) is 0 Å². The molecule has 0 aliphatic heterocycles. The Morgan fingerprint density at radius 2 is 2.00 bits per heavy atom. The highest BCUT2D eigenvalue weighted by Gasteiger charge is 2.19. The van der Waals surface area contributed by atoms with Crippen LogP contribution in [-0.2, 0) is 0 Å². The van der Waals surface area contributed by atoms with Crippen LogP contribution in [0.2, 0.25) is 10.0 Å². The summed E-state index contributed by atoms with van der Waals surface area (Å²) in [4.78, 5) is 11.9. The second-order valence-electron chi connectivity index (χ2n) is 4.99. The van der Waals surface area contributed by atoms with Crippen LogP contribution in [-0.4, -0.2) is 12.1 Å². The summed E-state index contributed by atoms with van der Waals surface area (Å²) in [6.07, 6.45) is 4.54. The quantitative estimate of drug-likeness (QED) is 0.859. The first-order valence-corrected chi connectivity index (χ1v) is 7.34. The second kappa shape index (κ2) is 6.49. The van der Waals surface area contributed by atoms with Crippen molar-refractivity contribution in [3.8, 4) is 0 Å². The Bertz CT molecular complexity index is 459. The van der Waals surface area contributed by atoms with E-state index in [0.29, 0.717) is 16.1 Å². The molecule has 0 heterocycles. The summed E-state index contributed by atoms with van der Waals surface area (Å²) in [5.74, 6) is 0. The van der Waals surface area contributed by atoms with Crippen LogP contribution in [0.5, 0.6) is 0 Å². The minimum Gasteiger partial charge on any atom is -0.335 e. The number of hydrogen-bond acceptors (Lipinski definition) is 1. The van der Waals surface area contributed by atoms with Gasteiger partial charge in [0.2, 0.25) is 0 Å². The van der Waals surface area contributed by atoms with Crippen LogP contribution in [0.25, 0.3) is 0 Å². The Morgan fingerprint density at radius 1 is 1.32 bits per heavy atom. The van der Waals surface area contributed by atoms with E-state index in [9.17, 15) is 4.79 Å². The van der Waals surface area contributed by atoms with Gasteiger partial charge in [-0.05, 0) is 37.5 Å². The van der Waals surface area contributed by atoms with Gasteiger partial charge in [-0.25, -0.2) is 4.79 Å². The molecule has 5 heteroatoms. The number of halogens is 2. The Kier molecular flexibility index (Phi) is 4.94. The van der Waals surface area contributed by atoms with Crippen LogP contribution in [0.4, 0.5) is 4.79 Å². The zero-order valence-electron chi connectivity index (χ0n) is 10.9. The lowest BCUT2D eigenvalue weighted by Crippen LogP contribution is -2.41. The molecule has 1 aliphatic rings. The van der Waals surface area contributed by atoms with Crippen molar-refractivity contribution < 1.29 is 4.79 Å². The molecule has 0 spiro atoms. The average Bonchev–Trinajstić information content (AvgIpc) is 2.81. The second-order valence-corrected chi connectivity index (χ2v) is 5.83. The molecule has 0 radical (unpaired) electrons. The van der Waals surface area contributed by atoms with Crippen LogP contribution in [0.3, 0.4) is 0 Å².